The molecular formula is C24H18N+. The average molecular weight is 320 g/mol. The summed E-state index contributed by atoms with van der Waals surface area (Å²) in [6.07, 6.45) is 4.27. The zero-order valence-corrected chi connectivity index (χ0v) is 13.9. The van der Waals surface area contributed by atoms with Crippen molar-refractivity contribution in [3.05, 3.63) is 103 Å². The van der Waals surface area contributed by atoms with Crippen LogP contribution in [0.5, 0.6) is 0 Å². The van der Waals surface area contributed by atoms with Gasteiger partial charge in [0, 0.05) is 17.7 Å². The molecule has 1 heterocycles. The van der Waals surface area contributed by atoms with E-state index in [0.717, 1.165) is 6.54 Å². The lowest BCUT2D eigenvalue weighted by atomic mass is 9.94. The van der Waals surface area contributed by atoms with Gasteiger partial charge in [0.25, 0.3) is 0 Å². The molecule has 0 amide bonds. The number of hydrogen-bond donors (Lipinski definition) is 0. The van der Waals surface area contributed by atoms with Gasteiger partial charge in [-0.05, 0) is 50.5 Å². The van der Waals surface area contributed by atoms with Crippen molar-refractivity contribution in [2.24, 2.45) is 0 Å². The lowest BCUT2D eigenvalue weighted by molar-refractivity contribution is -0.688. The highest BCUT2D eigenvalue weighted by Crippen LogP contribution is 2.31. The number of pyridine rings is 1. The molecule has 5 rings (SSSR count). The predicted octanol–water partition coefficient (Wildman–Crippen LogP) is 5.48. The van der Waals surface area contributed by atoms with Crippen LogP contribution in [-0.2, 0) is 6.54 Å². The van der Waals surface area contributed by atoms with Crippen LogP contribution in [0.25, 0.3) is 32.3 Å². The number of nitrogens with zero attached hydrogens (tertiary/aromatic N) is 1. The maximum absolute atomic E-state index is 2.34. The van der Waals surface area contributed by atoms with E-state index in [1.807, 2.05) is 0 Å². The summed E-state index contributed by atoms with van der Waals surface area (Å²) in [6, 6.07) is 30.5. The first-order valence-corrected chi connectivity index (χ1v) is 8.66. The standard InChI is InChI=1S/C24H18N/c1-6-12-25(13-7-1)17-24-22-11-5-4-10-20(22)15-21-14-18-8-2-3-9-19(18)16-23(21)24/h1-16H,17H2/q+1. The van der Waals surface area contributed by atoms with E-state index in [9.17, 15) is 0 Å². The molecule has 0 aliphatic rings. The minimum absolute atomic E-state index is 0.872. The summed E-state index contributed by atoms with van der Waals surface area (Å²) >= 11 is 0. The van der Waals surface area contributed by atoms with E-state index in [2.05, 4.69) is 102 Å². The molecule has 0 fully saturated rings. The fourth-order valence-electron chi connectivity index (χ4n) is 3.74. The van der Waals surface area contributed by atoms with Crippen LogP contribution >= 0.6 is 0 Å². The van der Waals surface area contributed by atoms with Crippen LogP contribution < -0.4 is 4.57 Å². The third-order valence-corrected chi connectivity index (χ3v) is 4.96. The summed E-state index contributed by atoms with van der Waals surface area (Å²) in [7, 11) is 0. The average Bonchev–Trinajstić information content (AvgIpc) is 2.67. The van der Waals surface area contributed by atoms with Crippen molar-refractivity contribution in [3.63, 3.8) is 0 Å². The number of hydrogen-bond acceptors (Lipinski definition) is 0. The van der Waals surface area contributed by atoms with E-state index < -0.39 is 0 Å². The lowest BCUT2D eigenvalue weighted by Gasteiger charge is -2.11. The van der Waals surface area contributed by atoms with Crippen molar-refractivity contribution in [1.82, 2.24) is 0 Å². The van der Waals surface area contributed by atoms with Gasteiger partial charge >= 0.3 is 0 Å². The Kier molecular flexibility index (Phi) is 3.24. The molecule has 118 valence electrons. The molecule has 0 bridgehead atoms. The van der Waals surface area contributed by atoms with E-state index in [1.165, 1.54) is 37.9 Å². The van der Waals surface area contributed by atoms with Gasteiger partial charge in [-0.15, -0.1) is 0 Å². The molecule has 0 N–H and O–H groups in total. The molecular weight excluding hydrogens is 302 g/mol. The second kappa shape index (κ2) is 5.71. The van der Waals surface area contributed by atoms with Crippen LogP contribution in [0.3, 0.4) is 0 Å². The Morgan fingerprint density at radius 2 is 1.16 bits per heavy atom. The number of fused-ring (bicyclic) bond motifs is 3. The first kappa shape index (κ1) is 14.2. The quantitative estimate of drug-likeness (QED) is 0.299. The second-order valence-corrected chi connectivity index (χ2v) is 6.54. The maximum atomic E-state index is 2.34. The summed E-state index contributed by atoms with van der Waals surface area (Å²) in [5.41, 5.74) is 1.38. The SMILES string of the molecule is c1cc[n+](Cc2c3ccccc3cc3cc4ccccc4cc23)cc1. The summed E-state index contributed by atoms with van der Waals surface area (Å²) in [5.74, 6) is 0. The highest BCUT2D eigenvalue weighted by atomic mass is 14.9. The third kappa shape index (κ3) is 2.45. The molecule has 0 saturated carbocycles. The molecule has 1 aromatic heterocycles. The van der Waals surface area contributed by atoms with E-state index in [4.69, 9.17) is 0 Å². The lowest BCUT2D eigenvalue weighted by Crippen LogP contribution is -2.33. The van der Waals surface area contributed by atoms with Crippen LogP contribution in [-0.4, -0.2) is 0 Å². The van der Waals surface area contributed by atoms with E-state index in [1.54, 1.807) is 0 Å². The van der Waals surface area contributed by atoms with Gasteiger partial charge in [-0.2, -0.15) is 0 Å². The number of rotatable bonds is 2. The minimum Gasteiger partial charge on any atom is -0.201 e. The first-order chi connectivity index (χ1) is 12.4. The van der Waals surface area contributed by atoms with Crippen LogP contribution in [0.2, 0.25) is 0 Å². The Bertz CT molecular complexity index is 1200. The fourth-order valence-corrected chi connectivity index (χ4v) is 3.74. The highest BCUT2D eigenvalue weighted by Gasteiger charge is 2.12. The number of benzene rings is 4. The van der Waals surface area contributed by atoms with E-state index >= 15 is 0 Å². The maximum Gasteiger partial charge on any atom is 0.175 e. The van der Waals surface area contributed by atoms with Crippen molar-refractivity contribution in [3.8, 4) is 0 Å². The van der Waals surface area contributed by atoms with Gasteiger partial charge < -0.3 is 0 Å². The first-order valence-electron chi connectivity index (χ1n) is 8.66. The van der Waals surface area contributed by atoms with Gasteiger partial charge in [0.15, 0.2) is 18.9 Å². The predicted molar refractivity (Wildman–Crippen MR) is 105 cm³/mol. The van der Waals surface area contributed by atoms with Crippen LogP contribution in [0.4, 0.5) is 0 Å². The molecule has 0 aliphatic carbocycles. The Morgan fingerprint density at radius 1 is 0.520 bits per heavy atom. The summed E-state index contributed by atoms with van der Waals surface area (Å²) in [4.78, 5) is 0. The van der Waals surface area contributed by atoms with Crippen LogP contribution in [0.15, 0.2) is 97.3 Å². The zero-order valence-electron chi connectivity index (χ0n) is 13.9. The highest BCUT2D eigenvalue weighted by molar-refractivity contribution is 6.07. The van der Waals surface area contributed by atoms with Gasteiger partial charge in [-0.1, -0.05) is 54.6 Å². The van der Waals surface area contributed by atoms with E-state index in [-0.39, 0.29) is 0 Å². The Morgan fingerprint density at radius 3 is 1.96 bits per heavy atom. The third-order valence-electron chi connectivity index (χ3n) is 4.96. The normalized spacial score (nSPS) is 11.4. The molecule has 1 nitrogen and oxygen atoms in total. The van der Waals surface area contributed by atoms with Gasteiger partial charge in [0.05, 0.1) is 0 Å². The van der Waals surface area contributed by atoms with Crippen molar-refractivity contribution in [1.29, 1.82) is 0 Å². The molecule has 0 aliphatic heterocycles. The van der Waals surface area contributed by atoms with Crippen molar-refractivity contribution in [2.75, 3.05) is 0 Å². The topological polar surface area (TPSA) is 3.88 Å². The Balaban J connectivity index is 1.87. The van der Waals surface area contributed by atoms with Crippen molar-refractivity contribution >= 4 is 32.3 Å². The van der Waals surface area contributed by atoms with Gasteiger partial charge in [-0.3, -0.25) is 0 Å². The zero-order chi connectivity index (χ0) is 16.6. The Labute approximate surface area is 146 Å². The Hall–Kier alpha value is -3.19. The molecule has 0 saturated heterocycles. The minimum atomic E-state index is 0.872. The number of aromatic nitrogens is 1. The molecule has 4 aromatic carbocycles. The van der Waals surface area contributed by atoms with Gasteiger partial charge in [0.2, 0.25) is 0 Å². The van der Waals surface area contributed by atoms with Crippen molar-refractivity contribution < 1.29 is 4.57 Å². The molecule has 5 aromatic rings. The van der Waals surface area contributed by atoms with Gasteiger partial charge in [-0.25, -0.2) is 4.57 Å². The molecule has 0 spiro atoms. The molecule has 0 unspecified atom stereocenters. The summed E-state index contributed by atoms with van der Waals surface area (Å²) in [5, 5.41) is 7.88. The van der Waals surface area contributed by atoms with Crippen molar-refractivity contribution in [2.45, 2.75) is 6.54 Å². The second-order valence-electron chi connectivity index (χ2n) is 6.54. The summed E-state index contributed by atoms with van der Waals surface area (Å²) in [6.45, 7) is 0.872. The van der Waals surface area contributed by atoms with Crippen LogP contribution in [0, 0.1) is 0 Å². The monoisotopic (exact) mass is 320 g/mol. The van der Waals surface area contributed by atoms with E-state index in [0.29, 0.717) is 0 Å². The summed E-state index contributed by atoms with van der Waals surface area (Å²) < 4.78 is 2.25. The fraction of sp³-hybridized carbons (Fsp3) is 0.0417. The smallest absolute Gasteiger partial charge is 0.175 e. The van der Waals surface area contributed by atoms with Crippen LogP contribution in [0.1, 0.15) is 5.56 Å². The largest absolute Gasteiger partial charge is 0.201 e. The molecule has 25 heavy (non-hydrogen) atoms. The van der Waals surface area contributed by atoms with Gasteiger partial charge in [0.1, 0.15) is 0 Å². The molecule has 0 radical (unpaired) electrons. The molecule has 0 atom stereocenters. The molecule has 1 heteroatoms.